The van der Waals surface area contributed by atoms with Crippen LogP contribution in [0.15, 0.2) is 41.9 Å². The molecule has 10 heteroatoms. The minimum absolute atomic E-state index is 0.0362. The molecule has 1 saturated heterocycles. The van der Waals surface area contributed by atoms with E-state index in [9.17, 15) is 10.1 Å². The van der Waals surface area contributed by atoms with Gasteiger partial charge >= 0.3 is 0 Å². The number of imidazole rings is 1. The number of rotatable bonds is 10. The lowest BCUT2D eigenvalue weighted by molar-refractivity contribution is -0.384. The van der Waals surface area contributed by atoms with Crippen molar-refractivity contribution in [2.24, 2.45) is 0 Å². The average molecular weight is 444 g/mol. The van der Waals surface area contributed by atoms with Crippen LogP contribution >= 0.6 is 11.8 Å². The van der Waals surface area contributed by atoms with Crippen LogP contribution in [0.3, 0.4) is 0 Å². The van der Waals surface area contributed by atoms with Crippen LogP contribution in [-0.4, -0.2) is 43.9 Å². The van der Waals surface area contributed by atoms with Gasteiger partial charge in [0.25, 0.3) is 5.69 Å². The highest BCUT2D eigenvalue weighted by atomic mass is 32.2. The standard InChI is InChI=1S/C21H25N5O4S/c27-26(28)17-8-6-16(7-9-17)13-31-21-19-20(22-14-23-21)25(15-24-19)10-2-4-12-30-18-5-1-3-11-29-18/h6-9,14-15,18H,1-5,10-13H2. The fraction of sp³-hybridized carbons (Fsp3) is 0.476. The predicted octanol–water partition coefficient (Wildman–Crippen LogP) is 4.35. The Balaban J connectivity index is 1.29. The molecule has 31 heavy (non-hydrogen) atoms. The first-order valence-electron chi connectivity index (χ1n) is 10.5. The van der Waals surface area contributed by atoms with E-state index in [0.717, 1.165) is 60.6 Å². The van der Waals surface area contributed by atoms with Gasteiger partial charge in [0.15, 0.2) is 11.9 Å². The molecule has 3 heterocycles. The second-order valence-corrected chi connectivity index (χ2v) is 8.34. The van der Waals surface area contributed by atoms with E-state index < -0.39 is 4.92 Å². The molecule has 0 radical (unpaired) electrons. The molecule has 0 saturated carbocycles. The van der Waals surface area contributed by atoms with Crippen LogP contribution in [0.25, 0.3) is 11.2 Å². The first-order chi connectivity index (χ1) is 15.2. The molecule has 0 amide bonds. The van der Waals surface area contributed by atoms with E-state index in [1.54, 1.807) is 36.5 Å². The quantitative estimate of drug-likeness (QED) is 0.150. The van der Waals surface area contributed by atoms with Gasteiger partial charge in [-0.1, -0.05) is 23.9 Å². The summed E-state index contributed by atoms with van der Waals surface area (Å²) >= 11 is 1.55. The summed E-state index contributed by atoms with van der Waals surface area (Å²) in [5, 5.41) is 11.6. The van der Waals surface area contributed by atoms with Gasteiger partial charge < -0.3 is 14.0 Å². The Kier molecular flexibility index (Phi) is 7.44. The average Bonchev–Trinajstić information content (AvgIpc) is 3.22. The van der Waals surface area contributed by atoms with Crippen LogP contribution in [0.2, 0.25) is 0 Å². The highest BCUT2D eigenvalue weighted by Gasteiger charge is 2.14. The summed E-state index contributed by atoms with van der Waals surface area (Å²) in [6.45, 7) is 2.31. The van der Waals surface area contributed by atoms with Crippen molar-refractivity contribution in [1.82, 2.24) is 19.5 Å². The zero-order valence-electron chi connectivity index (χ0n) is 17.2. The molecule has 0 bridgehead atoms. The van der Waals surface area contributed by atoms with Gasteiger partial charge in [-0.05, 0) is 37.7 Å². The number of hydrogen-bond acceptors (Lipinski definition) is 8. The number of nitro groups is 1. The van der Waals surface area contributed by atoms with Crippen molar-refractivity contribution < 1.29 is 14.4 Å². The number of aromatic nitrogens is 4. The van der Waals surface area contributed by atoms with E-state index in [1.165, 1.54) is 18.6 Å². The Labute approximate surface area is 184 Å². The number of non-ortho nitro benzene ring substituents is 1. The normalized spacial score (nSPS) is 16.6. The molecular weight excluding hydrogens is 418 g/mol. The SMILES string of the molecule is O=[N+]([O-])c1ccc(CSc2ncnc3c2ncn3CCCCOC2CCCCO2)cc1. The molecule has 1 aromatic carbocycles. The second kappa shape index (κ2) is 10.7. The van der Waals surface area contributed by atoms with Crippen LogP contribution in [-0.2, 0) is 21.8 Å². The molecule has 1 atom stereocenters. The molecule has 3 aromatic rings. The summed E-state index contributed by atoms with van der Waals surface area (Å²) in [4.78, 5) is 23.7. The second-order valence-electron chi connectivity index (χ2n) is 7.38. The number of nitro benzene ring substituents is 1. The molecule has 1 unspecified atom stereocenters. The van der Waals surface area contributed by atoms with Crippen LogP contribution in [0.1, 0.15) is 37.7 Å². The van der Waals surface area contributed by atoms with Crippen LogP contribution in [0.5, 0.6) is 0 Å². The summed E-state index contributed by atoms with van der Waals surface area (Å²) in [6.07, 6.45) is 8.54. The zero-order valence-corrected chi connectivity index (χ0v) is 18.0. The topological polar surface area (TPSA) is 105 Å². The van der Waals surface area contributed by atoms with Gasteiger partial charge in [0.2, 0.25) is 0 Å². The van der Waals surface area contributed by atoms with Crippen molar-refractivity contribution in [3.63, 3.8) is 0 Å². The summed E-state index contributed by atoms with van der Waals surface area (Å²) in [6, 6.07) is 6.57. The van der Waals surface area contributed by atoms with Crippen molar-refractivity contribution in [1.29, 1.82) is 0 Å². The smallest absolute Gasteiger partial charge is 0.269 e. The largest absolute Gasteiger partial charge is 0.353 e. The first kappa shape index (κ1) is 21.7. The van der Waals surface area contributed by atoms with Crippen molar-refractivity contribution in [3.8, 4) is 0 Å². The highest BCUT2D eigenvalue weighted by Crippen LogP contribution is 2.27. The third kappa shape index (κ3) is 5.78. The summed E-state index contributed by atoms with van der Waals surface area (Å²) in [5.41, 5.74) is 2.68. The number of benzene rings is 1. The van der Waals surface area contributed by atoms with Crippen molar-refractivity contribution in [3.05, 3.63) is 52.6 Å². The molecule has 0 aliphatic carbocycles. The minimum Gasteiger partial charge on any atom is -0.353 e. The Morgan fingerprint density at radius 2 is 2.06 bits per heavy atom. The fourth-order valence-electron chi connectivity index (χ4n) is 3.44. The van der Waals surface area contributed by atoms with Gasteiger partial charge in [-0.15, -0.1) is 0 Å². The number of nitrogens with zero attached hydrogens (tertiary/aromatic N) is 5. The summed E-state index contributed by atoms with van der Waals surface area (Å²) in [7, 11) is 0. The molecular formula is C21H25N5O4S. The Hall–Kier alpha value is -2.56. The van der Waals surface area contributed by atoms with Crippen LogP contribution in [0.4, 0.5) is 5.69 Å². The Morgan fingerprint density at radius 3 is 2.84 bits per heavy atom. The van der Waals surface area contributed by atoms with E-state index in [-0.39, 0.29) is 12.0 Å². The molecule has 2 aromatic heterocycles. The maximum Gasteiger partial charge on any atom is 0.269 e. The molecule has 4 rings (SSSR count). The maximum atomic E-state index is 10.8. The van der Waals surface area contributed by atoms with Gasteiger partial charge in [-0.3, -0.25) is 10.1 Å². The minimum atomic E-state index is -0.395. The molecule has 1 aliphatic rings. The number of hydrogen-bond donors (Lipinski definition) is 0. The molecule has 164 valence electrons. The number of fused-ring (bicyclic) bond motifs is 1. The van der Waals surface area contributed by atoms with Gasteiger partial charge in [-0.2, -0.15) is 0 Å². The molecule has 1 fully saturated rings. The van der Waals surface area contributed by atoms with Crippen molar-refractivity contribution >= 4 is 28.6 Å². The van der Waals surface area contributed by atoms with Gasteiger partial charge in [0.05, 0.1) is 11.3 Å². The Bertz CT molecular complexity index is 1000. The van der Waals surface area contributed by atoms with E-state index in [0.29, 0.717) is 12.4 Å². The molecule has 0 spiro atoms. The van der Waals surface area contributed by atoms with E-state index in [2.05, 4.69) is 15.0 Å². The van der Waals surface area contributed by atoms with E-state index >= 15 is 0 Å². The number of unbranched alkanes of at least 4 members (excludes halogenated alkanes) is 1. The van der Waals surface area contributed by atoms with Crippen molar-refractivity contribution in [2.75, 3.05) is 13.2 Å². The molecule has 1 aliphatic heterocycles. The zero-order chi connectivity index (χ0) is 21.5. The first-order valence-corrected chi connectivity index (χ1v) is 11.4. The fourth-order valence-corrected chi connectivity index (χ4v) is 4.33. The monoisotopic (exact) mass is 443 g/mol. The predicted molar refractivity (Wildman–Crippen MR) is 117 cm³/mol. The van der Waals surface area contributed by atoms with Gasteiger partial charge in [-0.25, -0.2) is 15.0 Å². The maximum absolute atomic E-state index is 10.8. The lowest BCUT2D eigenvalue weighted by Gasteiger charge is -2.22. The van der Waals surface area contributed by atoms with E-state index in [4.69, 9.17) is 9.47 Å². The number of thioether (sulfide) groups is 1. The molecule has 0 N–H and O–H groups in total. The van der Waals surface area contributed by atoms with Crippen molar-refractivity contribution in [2.45, 2.75) is 55.7 Å². The number of aryl methyl sites for hydroxylation is 1. The summed E-state index contributed by atoms with van der Waals surface area (Å²) < 4.78 is 13.4. The lowest BCUT2D eigenvalue weighted by atomic mass is 10.2. The van der Waals surface area contributed by atoms with Gasteiger partial charge in [0, 0.05) is 37.6 Å². The van der Waals surface area contributed by atoms with Crippen LogP contribution in [0, 0.1) is 10.1 Å². The van der Waals surface area contributed by atoms with Crippen LogP contribution < -0.4 is 0 Å². The lowest BCUT2D eigenvalue weighted by Crippen LogP contribution is -2.22. The van der Waals surface area contributed by atoms with E-state index in [1.807, 2.05) is 4.57 Å². The Morgan fingerprint density at radius 1 is 1.19 bits per heavy atom. The third-order valence-electron chi connectivity index (χ3n) is 5.13. The number of ether oxygens (including phenoxy) is 2. The summed E-state index contributed by atoms with van der Waals surface area (Å²) in [5.74, 6) is 0.650. The highest BCUT2D eigenvalue weighted by molar-refractivity contribution is 7.98. The molecule has 9 nitrogen and oxygen atoms in total. The third-order valence-corrected chi connectivity index (χ3v) is 6.18. The van der Waals surface area contributed by atoms with Gasteiger partial charge in [0.1, 0.15) is 16.9 Å².